The van der Waals surface area contributed by atoms with Crippen LogP contribution in [0, 0.1) is 17.0 Å². The summed E-state index contributed by atoms with van der Waals surface area (Å²) in [6, 6.07) is 16.4. The lowest BCUT2D eigenvalue weighted by Crippen LogP contribution is -2.35. The zero-order valence-corrected chi connectivity index (χ0v) is 19.3. The van der Waals surface area contributed by atoms with Gasteiger partial charge in [0.1, 0.15) is 0 Å². The van der Waals surface area contributed by atoms with Gasteiger partial charge in [-0.25, -0.2) is 16.8 Å². The Morgan fingerprint density at radius 3 is 2.39 bits per heavy atom. The van der Waals surface area contributed by atoms with Crippen molar-refractivity contribution in [3.63, 3.8) is 0 Å². The second-order valence-electron chi connectivity index (χ2n) is 7.65. The summed E-state index contributed by atoms with van der Waals surface area (Å²) in [6.07, 6.45) is 1.30. The van der Waals surface area contributed by atoms with Crippen molar-refractivity contribution in [2.75, 3.05) is 15.6 Å². The number of nitrogens with zero attached hydrogens (tertiary/aromatic N) is 2. The summed E-state index contributed by atoms with van der Waals surface area (Å²) in [5, 5.41) is 11.1. The number of nitro benzene ring substituents is 1. The van der Waals surface area contributed by atoms with Crippen molar-refractivity contribution in [1.82, 2.24) is 0 Å². The van der Waals surface area contributed by atoms with E-state index in [0.717, 1.165) is 11.6 Å². The lowest BCUT2D eigenvalue weighted by atomic mass is 10.0. The summed E-state index contributed by atoms with van der Waals surface area (Å²) >= 11 is 0. The molecule has 1 aliphatic heterocycles. The maximum Gasteiger partial charge on any atom is 0.270 e. The van der Waals surface area contributed by atoms with Crippen LogP contribution in [0.5, 0.6) is 0 Å². The van der Waals surface area contributed by atoms with Crippen LogP contribution in [0.4, 0.5) is 17.1 Å². The Morgan fingerprint density at radius 2 is 1.70 bits per heavy atom. The molecular weight excluding hydrogens is 466 g/mol. The standard InChI is InChI=1S/C22H21N3O6S2/c1-16-9-12-19(25(26)27)15-22(16)32(28,29)23-18-11-10-17-6-5-13-24(21(17)14-18)33(30,31)20-7-3-2-4-8-20/h2-4,7-12,14-15,23H,5-6,13H2,1H3. The molecule has 3 aromatic rings. The van der Waals surface area contributed by atoms with Gasteiger partial charge < -0.3 is 0 Å². The predicted octanol–water partition coefficient (Wildman–Crippen LogP) is 3.85. The van der Waals surface area contributed by atoms with Crippen LogP contribution in [0.15, 0.2) is 76.5 Å². The molecule has 33 heavy (non-hydrogen) atoms. The molecule has 0 saturated carbocycles. The summed E-state index contributed by atoms with van der Waals surface area (Å²) in [7, 11) is -7.98. The molecule has 0 spiro atoms. The molecule has 0 amide bonds. The minimum Gasteiger partial charge on any atom is -0.280 e. The number of nitrogens with one attached hydrogen (secondary N) is 1. The molecule has 1 aliphatic rings. The molecule has 172 valence electrons. The molecule has 0 aromatic heterocycles. The smallest absolute Gasteiger partial charge is 0.270 e. The lowest BCUT2D eigenvalue weighted by molar-refractivity contribution is -0.385. The van der Waals surface area contributed by atoms with Crippen molar-refractivity contribution < 1.29 is 21.8 Å². The second-order valence-corrected chi connectivity index (χ2v) is 11.2. The van der Waals surface area contributed by atoms with Gasteiger partial charge in [0.25, 0.3) is 25.7 Å². The van der Waals surface area contributed by atoms with Gasteiger partial charge in [0.05, 0.1) is 26.1 Å². The number of hydrogen-bond acceptors (Lipinski definition) is 6. The number of aryl methyl sites for hydroxylation is 2. The highest BCUT2D eigenvalue weighted by atomic mass is 32.2. The average molecular weight is 488 g/mol. The van der Waals surface area contributed by atoms with E-state index in [9.17, 15) is 26.9 Å². The molecule has 3 aromatic carbocycles. The van der Waals surface area contributed by atoms with Gasteiger partial charge >= 0.3 is 0 Å². The van der Waals surface area contributed by atoms with Gasteiger partial charge in [0, 0.05) is 18.7 Å². The average Bonchev–Trinajstić information content (AvgIpc) is 2.79. The summed E-state index contributed by atoms with van der Waals surface area (Å²) in [6.45, 7) is 1.81. The van der Waals surface area contributed by atoms with E-state index in [0.29, 0.717) is 24.1 Å². The maximum absolute atomic E-state index is 13.2. The number of fused-ring (bicyclic) bond motifs is 1. The van der Waals surface area contributed by atoms with E-state index >= 15 is 0 Å². The molecule has 0 atom stereocenters. The highest BCUT2D eigenvalue weighted by molar-refractivity contribution is 7.93. The first-order chi connectivity index (χ1) is 15.6. The van der Waals surface area contributed by atoms with Crippen LogP contribution in [0.1, 0.15) is 17.5 Å². The summed E-state index contributed by atoms with van der Waals surface area (Å²) in [5.41, 5.74) is 1.36. The molecule has 0 aliphatic carbocycles. The largest absolute Gasteiger partial charge is 0.280 e. The second kappa shape index (κ2) is 8.49. The van der Waals surface area contributed by atoms with E-state index in [4.69, 9.17) is 0 Å². The lowest BCUT2D eigenvalue weighted by Gasteiger charge is -2.31. The Morgan fingerprint density at radius 1 is 0.970 bits per heavy atom. The van der Waals surface area contributed by atoms with E-state index in [2.05, 4.69) is 4.72 Å². The fraction of sp³-hybridized carbons (Fsp3) is 0.182. The van der Waals surface area contributed by atoms with Crippen molar-refractivity contribution in [2.45, 2.75) is 29.6 Å². The summed E-state index contributed by atoms with van der Waals surface area (Å²) in [4.78, 5) is 10.4. The molecule has 0 bridgehead atoms. The third-order valence-corrected chi connectivity index (χ3v) is 8.77. The Hall–Kier alpha value is -3.44. The van der Waals surface area contributed by atoms with Crippen molar-refractivity contribution in [3.05, 3.63) is 88.0 Å². The van der Waals surface area contributed by atoms with Crippen molar-refractivity contribution >= 4 is 37.1 Å². The molecule has 0 saturated heterocycles. The minimum absolute atomic E-state index is 0.149. The molecule has 4 rings (SSSR count). The van der Waals surface area contributed by atoms with Crippen LogP contribution in [-0.4, -0.2) is 28.3 Å². The van der Waals surface area contributed by atoms with E-state index in [1.807, 2.05) is 0 Å². The van der Waals surface area contributed by atoms with Gasteiger partial charge in [0.2, 0.25) is 0 Å². The highest BCUT2D eigenvalue weighted by Gasteiger charge is 2.30. The van der Waals surface area contributed by atoms with Crippen LogP contribution >= 0.6 is 0 Å². The molecule has 0 radical (unpaired) electrons. The number of rotatable bonds is 6. The number of anilines is 2. The molecule has 1 heterocycles. The molecule has 9 nitrogen and oxygen atoms in total. The number of benzene rings is 3. The summed E-state index contributed by atoms with van der Waals surface area (Å²) < 4.78 is 56.2. The highest BCUT2D eigenvalue weighted by Crippen LogP contribution is 2.35. The Kier molecular flexibility index (Phi) is 5.85. The Labute approximate surface area is 191 Å². The van der Waals surface area contributed by atoms with Crippen molar-refractivity contribution in [1.29, 1.82) is 0 Å². The van der Waals surface area contributed by atoms with Gasteiger partial charge in [-0.1, -0.05) is 30.3 Å². The summed E-state index contributed by atoms with van der Waals surface area (Å²) in [5.74, 6) is 0. The van der Waals surface area contributed by atoms with Crippen LogP contribution in [0.3, 0.4) is 0 Å². The van der Waals surface area contributed by atoms with Gasteiger partial charge in [-0.05, 0) is 55.2 Å². The quantitative estimate of drug-likeness (QED) is 0.416. The Bertz CT molecular complexity index is 1440. The Balaban J connectivity index is 1.72. The van der Waals surface area contributed by atoms with Gasteiger partial charge in [-0.15, -0.1) is 0 Å². The number of non-ortho nitro benzene ring substituents is 1. The zero-order chi connectivity index (χ0) is 23.8. The van der Waals surface area contributed by atoms with Crippen LogP contribution in [0.25, 0.3) is 0 Å². The van der Waals surface area contributed by atoms with E-state index in [-0.39, 0.29) is 27.7 Å². The van der Waals surface area contributed by atoms with Crippen LogP contribution in [-0.2, 0) is 26.5 Å². The van der Waals surface area contributed by atoms with E-state index < -0.39 is 25.0 Å². The molecular formula is C22H21N3O6S2. The topological polar surface area (TPSA) is 127 Å². The van der Waals surface area contributed by atoms with Gasteiger partial charge in [0.15, 0.2) is 0 Å². The van der Waals surface area contributed by atoms with Crippen molar-refractivity contribution in [3.8, 4) is 0 Å². The molecule has 0 fully saturated rings. The third-order valence-electron chi connectivity index (χ3n) is 5.42. The van der Waals surface area contributed by atoms with E-state index in [1.165, 1.54) is 34.6 Å². The normalized spacial score (nSPS) is 13.9. The van der Waals surface area contributed by atoms with Crippen molar-refractivity contribution in [2.24, 2.45) is 0 Å². The monoisotopic (exact) mass is 487 g/mol. The van der Waals surface area contributed by atoms with Crippen LogP contribution in [0.2, 0.25) is 0 Å². The number of hydrogen-bond donors (Lipinski definition) is 1. The minimum atomic E-state index is -4.15. The maximum atomic E-state index is 13.2. The number of sulfonamides is 2. The zero-order valence-electron chi connectivity index (χ0n) is 17.6. The van der Waals surface area contributed by atoms with Crippen LogP contribution < -0.4 is 9.03 Å². The predicted molar refractivity (Wildman–Crippen MR) is 124 cm³/mol. The molecule has 1 N–H and O–H groups in total. The number of nitro groups is 1. The van der Waals surface area contributed by atoms with Gasteiger partial charge in [-0.3, -0.25) is 19.1 Å². The fourth-order valence-electron chi connectivity index (χ4n) is 3.78. The fourth-order valence-corrected chi connectivity index (χ4v) is 6.64. The molecule has 0 unspecified atom stereocenters. The SMILES string of the molecule is Cc1ccc([N+](=O)[O-])cc1S(=O)(=O)Nc1ccc2c(c1)N(S(=O)(=O)c1ccccc1)CCC2. The van der Waals surface area contributed by atoms with E-state index in [1.54, 1.807) is 37.3 Å². The first-order valence-corrected chi connectivity index (χ1v) is 13.0. The first-order valence-electron chi connectivity index (χ1n) is 10.1. The third kappa shape index (κ3) is 4.41. The van der Waals surface area contributed by atoms with Gasteiger partial charge in [-0.2, -0.15) is 0 Å². The molecule has 11 heteroatoms. The first kappa shape index (κ1) is 22.7.